The van der Waals surface area contributed by atoms with Crippen LogP contribution in [0.25, 0.3) is 0 Å². The predicted octanol–water partition coefficient (Wildman–Crippen LogP) is 0.325. The molecule has 2 saturated heterocycles. The number of halogens is 3. The van der Waals surface area contributed by atoms with Crippen LogP contribution in [0.4, 0.5) is 19.0 Å². The van der Waals surface area contributed by atoms with E-state index in [4.69, 9.17) is 0 Å². The molecule has 3 N–H and O–H groups in total. The summed E-state index contributed by atoms with van der Waals surface area (Å²) >= 11 is 0. The summed E-state index contributed by atoms with van der Waals surface area (Å²) in [5.74, 6) is 0.512. The zero-order valence-electron chi connectivity index (χ0n) is 13.6. The van der Waals surface area contributed by atoms with Crippen LogP contribution in [-0.2, 0) is 6.18 Å². The van der Waals surface area contributed by atoms with Crippen LogP contribution >= 0.6 is 0 Å². The van der Waals surface area contributed by atoms with Gasteiger partial charge in [-0.05, 0) is 24.5 Å². The first kappa shape index (κ1) is 18.4. The minimum Gasteiger partial charge on any atom is -0.389 e. The zero-order valence-corrected chi connectivity index (χ0v) is 13.6. The van der Waals surface area contributed by atoms with Crippen LogP contribution in [0.15, 0.2) is 18.2 Å². The number of pyridine rings is 1. The van der Waals surface area contributed by atoms with Crippen molar-refractivity contribution in [2.75, 3.05) is 37.6 Å². The van der Waals surface area contributed by atoms with Crippen molar-refractivity contribution >= 4 is 5.82 Å². The second kappa shape index (κ2) is 7.06. The molecule has 0 amide bonds. The number of likely N-dealkylation sites (tertiary alicyclic amines) is 1. The number of hydrogen-bond acceptors (Lipinski definition) is 6. The number of aromatic nitrogens is 1. The molecule has 0 aliphatic carbocycles. The van der Waals surface area contributed by atoms with Crippen LogP contribution in [0.2, 0.25) is 0 Å². The summed E-state index contributed by atoms with van der Waals surface area (Å²) in [7, 11) is 0. The minimum absolute atomic E-state index is 0.200. The van der Waals surface area contributed by atoms with Gasteiger partial charge in [0.05, 0.1) is 12.2 Å². The molecule has 6 nitrogen and oxygen atoms in total. The average molecular weight is 361 g/mol. The highest BCUT2D eigenvalue weighted by Crippen LogP contribution is 2.30. The van der Waals surface area contributed by atoms with Gasteiger partial charge in [-0.25, -0.2) is 4.98 Å². The average Bonchev–Trinajstić information content (AvgIpc) is 3.00. The Morgan fingerprint density at radius 3 is 2.40 bits per heavy atom. The molecule has 9 heteroatoms. The van der Waals surface area contributed by atoms with Gasteiger partial charge in [0.15, 0.2) is 0 Å². The molecule has 2 aliphatic rings. The van der Waals surface area contributed by atoms with E-state index in [1.54, 1.807) is 6.07 Å². The second-order valence-electron chi connectivity index (χ2n) is 6.82. The van der Waals surface area contributed by atoms with Crippen LogP contribution < -0.4 is 4.90 Å². The van der Waals surface area contributed by atoms with E-state index in [0.29, 0.717) is 25.5 Å². The van der Waals surface area contributed by atoms with Gasteiger partial charge >= 0.3 is 6.18 Å². The highest BCUT2D eigenvalue weighted by atomic mass is 19.4. The number of aliphatic hydroxyl groups excluding tert-OH is 3. The van der Waals surface area contributed by atoms with Crippen molar-refractivity contribution in [3.63, 3.8) is 0 Å². The fourth-order valence-electron chi connectivity index (χ4n) is 3.54. The lowest BCUT2D eigenvalue weighted by molar-refractivity contribution is -0.141. The summed E-state index contributed by atoms with van der Waals surface area (Å²) in [6, 6.07) is 3.89. The van der Waals surface area contributed by atoms with Crippen LogP contribution in [0.1, 0.15) is 12.1 Å². The smallest absolute Gasteiger partial charge is 0.389 e. The van der Waals surface area contributed by atoms with E-state index in [1.165, 1.54) is 6.07 Å². The molecule has 1 aromatic heterocycles. The molecule has 1 aromatic rings. The number of aliphatic hydroxyl groups is 3. The van der Waals surface area contributed by atoms with E-state index >= 15 is 0 Å². The maximum absolute atomic E-state index is 12.8. The van der Waals surface area contributed by atoms with Gasteiger partial charge in [0.1, 0.15) is 17.6 Å². The molecule has 25 heavy (non-hydrogen) atoms. The molecule has 3 heterocycles. The molecule has 140 valence electrons. The lowest BCUT2D eigenvalue weighted by Crippen LogP contribution is -2.56. The van der Waals surface area contributed by atoms with Crippen molar-refractivity contribution in [1.29, 1.82) is 0 Å². The molecule has 0 radical (unpaired) electrons. The van der Waals surface area contributed by atoms with E-state index < -0.39 is 30.2 Å². The minimum atomic E-state index is -4.46. The van der Waals surface area contributed by atoms with Crippen LogP contribution in [0.3, 0.4) is 0 Å². The standard InChI is InChI=1S/C16H22F3N3O3/c17-16(18,19)13-2-1-3-14(20-13)22-5-4-10(7-22)6-21-8-11(23)15(25)12(24)9-21/h1-3,10-12,15,23-25H,4-9H2/t10-,11-,12+,15?/m0/s1. The Labute approximate surface area is 143 Å². The lowest BCUT2D eigenvalue weighted by atomic mass is 10.00. The third-order valence-electron chi connectivity index (χ3n) is 4.83. The van der Waals surface area contributed by atoms with Gasteiger partial charge in [-0.3, -0.25) is 4.90 Å². The van der Waals surface area contributed by atoms with E-state index in [-0.39, 0.29) is 19.0 Å². The normalized spacial score (nSPS) is 31.5. The number of piperidine rings is 1. The molecule has 0 saturated carbocycles. The maximum Gasteiger partial charge on any atom is 0.433 e. The number of β-amino-alcohol motifs (C(OH)–C–C–N with tert-alkyl or cyclic N) is 2. The van der Waals surface area contributed by atoms with Crippen molar-refractivity contribution in [2.45, 2.75) is 30.9 Å². The van der Waals surface area contributed by atoms with Crippen LogP contribution in [-0.4, -0.2) is 76.2 Å². The van der Waals surface area contributed by atoms with Gasteiger partial charge in [0, 0.05) is 32.7 Å². The molecule has 3 rings (SSSR count). The van der Waals surface area contributed by atoms with E-state index in [1.807, 2.05) is 9.80 Å². The van der Waals surface area contributed by atoms with Gasteiger partial charge in [-0.1, -0.05) is 6.07 Å². The van der Waals surface area contributed by atoms with Crippen molar-refractivity contribution in [2.24, 2.45) is 5.92 Å². The molecule has 0 spiro atoms. The molecule has 2 aliphatic heterocycles. The fourth-order valence-corrected chi connectivity index (χ4v) is 3.54. The Balaban J connectivity index is 1.59. The first-order valence-corrected chi connectivity index (χ1v) is 8.30. The summed E-state index contributed by atoms with van der Waals surface area (Å²) in [5, 5.41) is 29.1. The molecular weight excluding hydrogens is 339 g/mol. The van der Waals surface area contributed by atoms with Gasteiger partial charge in [0.25, 0.3) is 0 Å². The first-order valence-electron chi connectivity index (χ1n) is 8.30. The largest absolute Gasteiger partial charge is 0.433 e. The molecule has 0 aromatic carbocycles. The van der Waals surface area contributed by atoms with Crippen molar-refractivity contribution in [3.05, 3.63) is 23.9 Å². The van der Waals surface area contributed by atoms with Crippen molar-refractivity contribution in [1.82, 2.24) is 9.88 Å². The Morgan fingerprint density at radius 2 is 1.76 bits per heavy atom. The van der Waals surface area contributed by atoms with Gasteiger partial charge in [-0.2, -0.15) is 13.2 Å². The van der Waals surface area contributed by atoms with E-state index in [0.717, 1.165) is 12.5 Å². The van der Waals surface area contributed by atoms with Gasteiger partial charge < -0.3 is 20.2 Å². The quantitative estimate of drug-likeness (QED) is 0.720. The highest BCUT2D eigenvalue weighted by molar-refractivity contribution is 5.41. The Bertz CT molecular complexity index is 589. The molecular formula is C16H22F3N3O3. The van der Waals surface area contributed by atoms with Crippen molar-refractivity contribution in [3.8, 4) is 0 Å². The monoisotopic (exact) mass is 361 g/mol. The first-order chi connectivity index (χ1) is 11.7. The van der Waals surface area contributed by atoms with Crippen LogP contribution in [0.5, 0.6) is 0 Å². The maximum atomic E-state index is 12.8. The third kappa shape index (κ3) is 4.22. The van der Waals surface area contributed by atoms with E-state index in [2.05, 4.69) is 4.98 Å². The number of anilines is 1. The molecule has 0 bridgehead atoms. The highest BCUT2D eigenvalue weighted by Gasteiger charge is 2.36. The number of nitrogens with zero attached hydrogens (tertiary/aromatic N) is 3. The van der Waals surface area contributed by atoms with Crippen molar-refractivity contribution < 1.29 is 28.5 Å². The summed E-state index contributed by atoms with van der Waals surface area (Å²) in [5.41, 5.74) is -0.898. The number of hydrogen-bond donors (Lipinski definition) is 3. The molecule has 1 unspecified atom stereocenters. The Morgan fingerprint density at radius 1 is 1.08 bits per heavy atom. The third-order valence-corrected chi connectivity index (χ3v) is 4.83. The SMILES string of the molecule is OC1[C@H](O)CN(C[C@@H]2CCN(c3cccc(C(F)(F)F)n3)C2)C[C@@H]1O. The van der Waals surface area contributed by atoms with Crippen LogP contribution in [0, 0.1) is 5.92 Å². The van der Waals surface area contributed by atoms with Gasteiger partial charge in [0.2, 0.25) is 0 Å². The summed E-state index contributed by atoms with van der Waals surface area (Å²) in [6.45, 7) is 2.34. The zero-order chi connectivity index (χ0) is 18.2. The van der Waals surface area contributed by atoms with Gasteiger partial charge in [-0.15, -0.1) is 0 Å². The van der Waals surface area contributed by atoms with E-state index in [9.17, 15) is 28.5 Å². The summed E-state index contributed by atoms with van der Waals surface area (Å²) in [6.07, 6.45) is -6.79. The summed E-state index contributed by atoms with van der Waals surface area (Å²) in [4.78, 5) is 7.43. The fraction of sp³-hybridized carbons (Fsp3) is 0.688. The predicted molar refractivity (Wildman–Crippen MR) is 84.0 cm³/mol. The lowest BCUT2D eigenvalue weighted by Gasteiger charge is -2.38. The Kier molecular flexibility index (Phi) is 5.19. The topological polar surface area (TPSA) is 80.1 Å². The molecule has 2 fully saturated rings. The summed E-state index contributed by atoms with van der Waals surface area (Å²) < 4.78 is 38.4. The second-order valence-corrected chi connectivity index (χ2v) is 6.82. The molecule has 4 atom stereocenters. The number of alkyl halides is 3. The Hall–Kier alpha value is -1.42. The number of rotatable bonds is 3.